The van der Waals surface area contributed by atoms with Crippen LogP contribution in [-0.2, 0) is 4.79 Å². The summed E-state index contributed by atoms with van der Waals surface area (Å²) in [6, 6.07) is 0.281. The Bertz CT molecular complexity index is 467. The van der Waals surface area contributed by atoms with Gasteiger partial charge < -0.3 is 10.2 Å². The van der Waals surface area contributed by atoms with Crippen LogP contribution in [0.25, 0.3) is 0 Å². The van der Waals surface area contributed by atoms with Crippen LogP contribution >= 0.6 is 0 Å². The van der Waals surface area contributed by atoms with Crippen molar-refractivity contribution in [3.63, 3.8) is 0 Å². The van der Waals surface area contributed by atoms with Crippen LogP contribution < -0.4 is 5.32 Å². The fraction of sp³-hybridized carbons (Fsp3) is 0.667. The largest absolute Gasteiger partial charge is 0.350 e. The van der Waals surface area contributed by atoms with Crippen molar-refractivity contribution >= 4 is 11.9 Å². The predicted molar refractivity (Wildman–Crippen MR) is 77.3 cm³/mol. The molecule has 3 rings (SSSR count). The smallest absolute Gasteiger partial charge is 0.225 e. The van der Waals surface area contributed by atoms with E-state index in [0.29, 0.717) is 11.9 Å². The molecule has 1 aliphatic carbocycles. The summed E-state index contributed by atoms with van der Waals surface area (Å²) >= 11 is 0. The van der Waals surface area contributed by atoms with Crippen molar-refractivity contribution in [2.24, 2.45) is 5.92 Å². The molecule has 1 N–H and O–H groups in total. The van der Waals surface area contributed by atoms with Crippen LogP contribution in [0.1, 0.15) is 37.7 Å². The Morgan fingerprint density at radius 1 is 1.25 bits per heavy atom. The second-order valence-corrected chi connectivity index (χ2v) is 5.98. The van der Waals surface area contributed by atoms with Crippen LogP contribution in [0.5, 0.6) is 0 Å². The van der Waals surface area contributed by atoms with E-state index in [1.807, 2.05) is 24.2 Å². The Morgan fingerprint density at radius 2 is 1.95 bits per heavy atom. The zero-order valence-electron chi connectivity index (χ0n) is 12.0. The van der Waals surface area contributed by atoms with Gasteiger partial charge in [0, 0.05) is 37.4 Å². The molecule has 1 saturated heterocycles. The van der Waals surface area contributed by atoms with Gasteiger partial charge in [0.2, 0.25) is 11.9 Å². The fourth-order valence-electron chi connectivity index (χ4n) is 3.16. The molecule has 1 unspecified atom stereocenters. The Balaban J connectivity index is 1.54. The summed E-state index contributed by atoms with van der Waals surface area (Å²) in [5.41, 5.74) is 1.06. The highest BCUT2D eigenvalue weighted by atomic mass is 16.2. The van der Waals surface area contributed by atoms with E-state index in [-0.39, 0.29) is 12.0 Å². The minimum absolute atomic E-state index is 0.281. The molecule has 20 heavy (non-hydrogen) atoms. The average molecular weight is 274 g/mol. The standard InChI is InChI=1S/C15H22N4O/c1-11-8-16-15(17-9-11)18-13-6-7-19(10-13)14(20)12-4-2-3-5-12/h8-9,12-13H,2-7,10H2,1H3,(H,16,17,18). The highest BCUT2D eigenvalue weighted by Gasteiger charge is 2.32. The van der Waals surface area contributed by atoms with Crippen molar-refractivity contribution < 1.29 is 4.79 Å². The van der Waals surface area contributed by atoms with Gasteiger partial charge >= 0.3 is 0 Å². The molecule has 108 valence electrons. The Morgan fingerprint density at radius 3 is 2.65 bits per heavy atom. The van der Waals surface area contributed by atoms with Gasteiger partial charge in [-0.05, 0) is 31.7 Å². The molecule has 1 atom stereocenters. The van der Waals surface area contributed by atoms with E-state index in [0.717, 1.165) is 37.9 Å². The number of aromatic nitrogens is 2. The third-order valence-electron chi connectivity index (χ3n) is 4.32. The molecular formula is C15H22N4O. The lowest BCUT2D eigenvalue weighted by Gasteiger charge is -2.20. The summed E-state index contributed by atoms with van der Waals surface area (Å²) in [5, 5.41) is 3.33. The van der Waals surface area contributed by atoms with Crippen LogP contribution in [0, 0.1) is 12.8 Å². The number of nitrogens with zero attached hydrogens (tertiary/aromatic N) is 3. The van der Waals surface area contributed by atoms with Gasteiger partial charge in [0.15, 0.2) is 0 Å². The van der Waals surface area contributed by atoms with E-state index in [1.165, 1.54) is 12.8 Å². The molecule has 2 aliphatic rings. The van der Waals surface area contributed by atoms with Crippen molar-refractivity contribution in [1.82, 2.24) is 14.9 Å². The number of hydrogen-bond acceptors (Lipinski definition) is 4. The zero-order valence-corrected chi connectivity index (χ0v) is 12.0. The first kappa shape index (κ1) is 13.3. The predicted octanol–water partition coefficient (Wildman–Crippen LogP) is 1.99. The highest BCUT2D eigenvalue weighted by molar-refractivity contribution is 5.79. The van der Waals surface area contributed by atoms with Crippen LogP contribution in [-0.4, -0.2) is 39.9 Å². The first-order valence-electron chi connectivity index (χ1n) is 7.56. The molecule has 0 bridgehead atoms. The third-order valence-corrected chi connectivity index (χ3v) is 4.32. The molecule has 0 radical (unpaired) electrons. The molecule has 1 amide bonds. The number of likely N-dealkylation sites (tertiary alicyclic amines) is 1. The number of aryl methyl sites for hydroxylation is 1. The first-order chi connectivity index (χ1) is 9.72. The number of anilines is 1. The SMILES string of the molecule is Cc1cnc(NC2CCN(C(=O)C3CCCC3)C2)nc1. The molecule has 0 spiro atoms. The van der Waals surface area contributed by atoms with Crippen molar-refractivity contribution in [2.75, 3.05) is 18.4 Å². The van der Waals surface area contributed by atoms with E-state index in [4.69, 9.17) is 0 Å². The van der Waals surface area contributed by atoms with Gasteiger partial charge in [-0.3, -0.25) is 4.79 Å². The number of rotatable bonds is 3. The second-order valence-electron chi connectivity index (χ2n) is 5.98. The van der Waals surface area contributed by atoms with Gasteiger partial charge in [-0.1, -0.05) is 12.8 Å². The van der Waals surface area contributed by atoms with Crippen LogP contribution in [0.4, 0.5) is 5.95 Å². The number of amides is 1. The third kappa shape index (κ3) is 2.92. The number of carbonyl (C=O) groups excluding carboxylic acids is 1. The monoisotopic (exact) mass is 274 g/mol. The molecule has 5 heteroatoms. The summed E-state index contributed by atoms with van der Waals surface area (Å²) in [7, 11) is 0. The van der Waals surface area contributed by atoms with Crippen LogP contribution in [0.15, 0.2) is 12.4 Å². The minimum atomic E-state index is 0.281. The molecule has 2 heterocycles. The number of hydrogen-bond donors (Lipinski definition) is 1. The summed E-state index contributed by atoms with van der Waals surface area (Å²) in [6.45, 7) is 3.62. The van der Waals surface area contributed by atoms with Gasteiger partial charge in [0.1, 0.15) is 0 Å². The van der Waals surface area contributed by atoms with Crippen molar-refractivity contribution in [1.29, 1.82) is 0 Å². The maximum absolute atomic E-state index is 12.4. The van der Waals surface area contributed by atoms with Crippen molar-refractivity contribution in [3.05, 3.63) is 18.0 Å². The van der Waals surface area contributed by atoms with Crippen LogP contribution in [0.2, 0.25) is 0 Å². The van der Waals surface area contributed by atoms with E-state index >= 15 is 0 Å². The lowest BCUT2D eigenvalue weighted by molar-refractivity contribution is -0.134. The van der Waals surface area contributed by atoms with Gasteiger partial charge in [0.05, 0.1) is 0 Å². The zero-order chi connectivity index (χ0) is 13.9. The maximum Gasteiger partial charge on any atom is 0.225 e. The average Bonchev–Trinajstić information content (AvgIpc) is 3.12. The van der Waals surface area contributed by atoms with Crippen LogP contribution in [0.3, 0.4) is 0 Å². The normalized spacial score (nSPS) is 23.2. The van der Waals surface area contributed by atoms with E-state index < -0.39 is 0 Å². The summed E-state index contributed by atoms with van der Waals surface area (Å²) < 4.78 is 0. The van der Waals surface area contributed by atoms with Crippen molar-refractivity contribution in [3.8, 4) is 0 Å². The molecular weight excluding hydrogens is 252 g/mol. The lowest BCUT2D eigenvalue weighted by Crippen LogP contribution is -2.35. The van der Waals surface area contributed by atoms with Gasteiger partial charge in [-0.15, -0.1) is 0 Å². The van der Waals surface area contributed by atoms with E-state index in [9.17, 15) is 4.79 Å². The molecule has 1 aromatic rings. The number of nitrogens with one attached hydrogen (secondary N) is 1. The number of carbonyl (C=O) groups is 1. The minimum Gasteiger partial charge on any atom is -0.350 e. The lowest BCUT2D eigenvalue weighted by atomic mass is 10.1. The Hall–Kier alpha value is -1.65. The van der Waals surface area contributed by atoms with E-state index in [2.05, 4.69) is 15.3 Å². The Kier molecular flexibility index (Phi) is 3.85. The van der Waals surface area contributed by atoms with E-state index in [1.54, 1.807) is 0 Å². The molecule has 1 aromatic heterocycles. The molecule has 0 aromatic carbocycles. The molecule has 1 saturated carbocycles. The van der Waals surface area contributed by atoms with Gasteiger partial charge in [0.25, 0.3) is 0 Å². The second kappa shape index (κ2) is 5.77. The summed E-state index contributed by atoms with van der Waals surface area (Å²) in [5.74, 6) is 1.30. The molecule has 2 fully saturated rings. The maximum atomic E-state index is 12.4. The first-order valence-corrected chi connectivity index (χ1v) is 7.56. The Labute approximate surface area is 119 Å². The highest BCUT2D eigenvalue weighted by Crippen LogP contribution is 2.28. The summed E-state index contributed by atoms with van der Waals surface area (Å²) in [6.07, 6.45) is 9.18. The van der Waals surface area contributed by atoms with Crippen molar-refractivity contribution in [2.45, 2.75) is 45.1 Å². The summed E-state index contributed by atoms with van der Waals surface area (Å²) in [4.78, 5) is 22.9. The molecule has 1 aliphatic heterocycles. The quantitative estimate of drug-likeness (QED) is 0.915. The molecule has 5 nitrogen and oxygen atoms in total. The topological polar surface area (TPSA) is 58.1 Å². The van der Waals surface area contributed by atoms with Gasteiger partial charge in [-0.2, -0.15) is 0 Å². The fourth-order valence-corrected chi connectivity index (χ4v) is 3.16. The van der Waals surface area contributed by atoms with Gasteiger partial charge in [-0.25, -0.2) is 9.97 Å².